The number of quaternary nitrogens is 1. The van der Waals surface area contributed by atoms with Gasteiger partial charge >= 0.3 is 11.9 Å². The number of hydrogen-bond acceptors (Lipinski definition) is 4. The van der Waals surface area contributed by atoms with E-state index >= 15 is 0 Å². The number of unbranched alkanes of at least 4 members (excludes halogenated alkanes) is 3. The van der Waals surface area contributed by atoms with E-state index in [9.17, 15) is 19.5 Å². The molecule has 7 nitrogen and oxygen atoms in total. The van der Waals surface area contributed by atoms with Crippen LogP contribution in [0.4, 0.5) is 0 Å². The van der Waals surface area contributed by atoms with E-state index in [4.69, 9.17) is 10.2 Å². The van der Waals surface area contributed by atoms with Gasteiger partial charge in [0.05, 0.1) is 39.0 Å². The Morgan fingerprint density at radius 2 is 1.25 bits per heavy atom. The van der Waals surface area contributed by atoms with Gasteiger partial charge in [0.25, 0.3) is 0 Å². The van der Waals surface area contributed by atoms with Crippen molar-refractivity contribution in [3.8, 4) is 0 Å². The summed E-state index contributed by atoms with van der Waals surface area (Å²) in [6, 6.07) is 0. The van der Waals surface area contributed by atoms with Gasteiger partial charge in [0.2, 0.25) is 0 Å². The minimum absolute atomic E-state index is 0.0370. The van der Waals surface area contributed by atoms with Gasteiger partial charge in [0.1, 0.15) is 0 Å². The SMILES string of the molecule is CCCCC/C=C/CC[N+](CCCC(=O)[O-])(CCCC(=O)O)CCCC(=O)O. The Morgan fingerprint density at radius 3 is 1.71 bits per heavy atom. The van der Waals surface area contributed by atoms with Crippen molar-refractivity contribution in [1.82, 2.24) is 0 Å². The monoisotopic (exact) mass is 399 g/mol. The highest BCUT2D eigenvalue weighted by atomic mass is 16.4. The summed E-state index contributed by atoms with van der Waals surface area (Å²) in [5.41, 5.74) is 0. The number of aliphatic carboxylic acids is 3. The third kappa shape index (κ3) is 15.2. The van der Waals surface area contributed by atoms with Gasteiger partial charge in [-0.25, -0.2) is 0 Å². The average Bonchev–Trinajstić information content (AvgIpc) is 2.60. The Balaban J connectivity index is 4.92. The molecule has 0 saturated carbocycles. The zero-order valence-corrected chi connectivity index (χ0v) is 17.2. The van der Waals surface area contributed by atoms with Gasteiger partial charge in [-0.2, -0.15) is 0 Å². The number of allylic oxidation sites excluding steroid dienone is 1. The number of carboxylic acids is 3. The van der Waals surface area contributed by atoms with Gasteiger partial charge in [0, 0.05) is 31.7 Å². The summed E-state index contributed by atoms with van der Waals surface area (Å²) >= 11 is 0. The van der Waals surface area contributed by atoms with E-state index in [0.717, 1.165) is 25.8 Å². The maximum absolute atomic E-state index is 10.9. The molecule has 0 aromatic heterocycles. The lowest BCUT2D eigenvalue weighted by atomic mass is 10.1. The largest absolute Gasteiger partial charge is 0.550 e. The fraction of sp³-hybridized carbons (Fsp3) is 0.762. The van der Waals surface area contributed by atoms with E-state index in [-0.39, 0.29) is 19.3 Å². The molecule has 0 saturated heterocycles. The maximum atomic E-state index is 10.9. The first-order valence-corrected chi connectivity index (χ1v) is 10.4. The van der Waals surface area contributed by atoms with Crippen molar-refractivity contribution in [1.29, 1.82) is 0 Å². The topological polar surface area (TPSA) is 115 Å². The van der Waals surface area contributed by atoms with Crippen molar-refractivity contribution in [2.75, 3.05) is 26.2 Å². The van der Waals surface area contributed by atoms with Crippen molar-refractivity contribution < 1.29 is 34.2 Å². The number of carbonyl (C=O) groups excluding carboxylic acids is 1. The van der Waals surface area contributed by atoms with Crippen molar-refractivity contribution in [3.05, 3.63) is 12.2 Å². The molecule has 0 rings (SSSR count). The molecule has 0 aromatic carbocycles. The lowest BCUT2D eigenvalue weighted by molar-refractivity contribution is -0.928. The van der Waals surface area contributed by atoms with Gasteiger partial charge in [-0.05, 0) is 19.3 Å². The molecule has 0 atom stereocenters. The molecule has 0 aliphatic rings. The fourth-order valence-electron chi connectivity index (χ4n) is 3.46. The molecule has 28 heavy (non-hydrogen) atoms. The molecular weight excluding hydrogens is 362 g/mol. The molecule has 0 spiro atoms. The first-order valence-electron chi connectivity index (χ1n) is 10.4. The summed E-state index contributed by atoms with van der Waals surface area (Å²) in [6.45, 7) is 4.75. The fourth-order valence-corrected chi connectivity index (χ4v) is 3.46. The van der Waals surface area contributed by atoms with E-state index in [0.29, 0.717) is 43.4 Å². The van der Waals surface area contributed by atoms with Crippen molar-refractivity contribution in [2.24, 2.45) is 0 Å². The highest BCUT2D eigenvalue weighted by Gasteiger charge is 2.26. The molecule has 0 amide bonds. The zero-order chi connectivity index (χ0) is 21.3. The van der Waals surface area contributed by atoms with Crippen LogP contribution in [0.3, 0.4) is 0 Å². The van der Waals surface area contributed by atoms with Crippen LogP contribution in [0.25, 0.3) is 0 Å². The third-order valence-electron chi connectivity index (χ3n) is 4.97. The second kappa shape index (κ2) is 16.1. The molecule has 0 fully saturated rings. The molecule has 0 heterocycles. The highest BCUT2D eigenvalue weighted by Crippen LogP contribution is 2.16. The van der Waals surface area contributed by atoms with Crippen LogP contribution in [0, 0.1) is 0 Å². The number of hydrogen-bond donors (Lipinski definition) is 2. The van der Waals surface area contributed by atoms with E-state index < -0.39 is 17.9 Å². The van der Waals surface area contributed by atoms with Crippen LogP contribution in [-0.4, -0.2) is 58.8 Å². The Kier molecular flexibility index (Phi) is 15.0. The van der Waals surface area contributed by atoms with Crippen molar-refractivity contribution in [2.45, 2.75) is 77.6 Å². The van der Waals surface area contributed by atoms with Gasteiger partial charge in [-0.3, -0.25) is 9.59 Å². The third-order valence-corrected chi connectivity index (χ3v) is 4.97. The van der Waals surface area contributed by atoms with Crippen LogP contribution in [0.15, 0.2) is 12.2 Å². The normalized spacial score (nSPS) is 11.8. The first-order chi connectivity index (χ1) is 13.3. The molecule has 0 aromatic rings. The predicted molar refractivity (Wildman–Crippen MR) is 106 cm³/mol. The molecule has 0 aliphatic heterocycles. The van der Waals surface area contributed by atoms with Crippen molar-refractivity contribution >= 4 is 17.9 Å². The lowest BCUT2D eigenvalue weighted by Crippen LogP contribution is -2.51. The Morgan fingerprint density at radius 1 is 0.750 bits per heavy atom. The van der Waals surface area contributed by atoms with Crippen LogP contribution < -0.4 is 5.11 Å². The molecule has 0 radical (unpaired) electrons. The minimum atomic E-state index is -1.09. The Bertz CT molecular complexity index is 439. The van der Waals surface area contributed by atoms with E-state index in [1.165, 1.54) is 12.8 Å². The van der Waals surface area contributed by atoms with Crippen LogP contribution in [0.5, 0.6) is 0 Å². The van der Waals surface area contributed by atoms with Crippen LogP contribution in [-0.2, 0) is 14.4 Å². The summed E-state index contributed by atoms with van der Waals surface area (Å²) < 4.78 is 0.563. The van der Waals surface area contributed by atoms with E-state index in [1.807, 2.05) is 0 Å². The van der Waals surface area contributed by atoms with Crippen LogP contribution in [0.1, 0.15) is 77.6 Å². The molecule has 162 valence electrons. The molecule has 2 N–H and O–H groups in total. The van der Waals surface area contributed by atoms with Crippen LogP contribution in [0.2, 0.25) is 0 Å². The second-order valence-electron chi connectivity index (χ2n) is 7.46. The van der Waals surface area contributed by atoms with Gasteiger partial charge < -0.3 is 24.6 Å². The molecule has 0 aliphatic carbocycles. The summed E-state index contributed by atoms with van der Waals surface area (Å²) in [4.78, 5) is 32.6. The Hall–Kier alpha value is -1.89. The number of rotatable bonds is 19. The van der Waals surface area contributed by atoms with Gasteiger partial charge in [-0.1, -0.05) is 31.9 Å². The molecule has 0 bridgehead atoms. The summed E-state index contributed by atoms with van der Waals surface area (Å²) in [5, 5.41) is 28.7. The lowest BCUT2D eigenvalue weighted by Gasteiger charge is -2.39. The first kappa shape index (κ1) is 26.1. The van der Waals surface area contributed by atoms with Gasteiger partial charge in [0.15, 0.2) is 0 Å². The van der Waals surface area contributed by atoms with Crippen LogP contribution >= 0.6 is 0 Å². The molecule has 7 heteroatoms. The van der Waals surface area contributed by atoms with E-state index in [2.05, 4.69) is 19.1 Å². The number of carboxylic acid groups (broad SMARTS) is 3. The molecule has 0 unspecified atom stereocenters. The van der Waals surface area contributed by atoms with E-state index in [1.54, 1.807) is 0 Å². The zero-order valence-electron chi connectivity index (χ0n) is 17.2. The predicted octanol–water partition coefficient (Wildman–Crippen LogP) is 2.59. The molecular formula is C21H37NO6. The van der Waals surface area contributed by atoms with Gasteiger partial charge in [-0.15, -0.1) is 0 Å². The minimum Gasteiger partial charge on any atom is -0.550 e. The smallest absolute Gasteiger partial charge is 0.303 e. The Labute approximate surface area is 168 Å². The quantitative estimate of drug-likeness (QED) is 0.196. The highest BCUT2D eigenvalue weighted by molar-refractivity contribution is 5.66. The standard InChI is InChI=1S/C21H37NO6/c1-2-3-4-5-6-7-8-15-22(16-9-12-19(23)24,17-10-13-20(25)26)18-11-14-21(27)28/h6-7H,2-5,8-18H2,1H3,(H2-,23,24,25,26,27,28)/b7-6+. The average molecular weight is 400 g/mol. The summed E-state index contributed by atoms with van der Waals surface area (Å²) in [7, 11) is 0. The number of carbonyl (C=O) groups is 3. The maximum Gasteiger partial charge on any atom is 0.303 e. The summed E-state index contributed by atoms with van der Waals surface area (Å²) in [6.07, 6.45) is 11.2. The number of nitrogens with zero attached hydrogens (tertiary/aromatic N) is 1. The summed E-state index contributed by atoms with van der Waals surface area (Å²) in [5.74, 6) is -2.80. The van der Waals surface area contributed by atoms with Crippen molar-refractivity contribution in [3.63, 3.8) is 0 Å². The second-order valence-corrected chi connectivity index (χ2v) is 7.46.